The van der Waals surface area contributed by atoms with Gasteiger partial charge in [0.1, 0.15) is 5.03 Å². The molecule has 2 aromatic rings. The fourth-order valence-electron chi connectivity index (χ4n) is 4.88. The van der Waals surface area contributed by atoms with Gasteiger partial charge >= 0.3 is 0 Å². The van der Waals surface area contributed by atoms with Crippen molar-refractivity contribution >= 4 is 17.7 Å². The summed E-state index contributed by atoms with van der Waals surface area (Å²) in [7, 11) is 0. The van der Waals surface area contributed by atoms with E-state index in [2.05, 4.69) is 52.6 Å². The SMILES string of the molecule is C=CCSc1ncccc1C(=O)N1CC2(CCNCC2)c2ccccc2[C@H]1CC=C. The van der Waals surface area contributed by atoms with Crippen molar-refractivity contribution in [3.05, 3.63) is 84.6 Å². The molecule has 2 aliphatic heterocycles. The number of nitrogens with zero attached hydrogens (tertiary/aromatic N) is 2. The van der Waals surface area contributed by atoms with Gasteiger partial charge in [-0.2, -0.15) is 0 Å². The highest BCUT2D eigenvalue weighted by molar-refractivity contribution is 7.99. The molecule has 1 aromatic carbocycles. The maximum absolute atomic E-state index is 13.9. The van der Waals surface area contributed by atoms with E-state index in [0.29, 0.717) is 5.56 Å². The van der Waals surface area contributed by atoms with Crippen LogP contribution in [-0.2, 0) is 5.41 Å². The first-order valence-corrected chi connectivity index (χ1v) is 11.6. The maximum Gasteiger partial charge on any atom is 0.257 e. The molecule has 1 saturated heterocycles. The van der Waals surface area contributed by atoms with Crippen LogP contribution in [0.2, 0.25) is 0 Å². The van der Waals surface area contributed by atoms with Gasteiger partial charge in [0.2, 0.25) is 0 Å². The third-order valence-corrected chi connectivity index (χ3v) is 7.29. The fourth-order valence-corrected chi connectivity index (χ4v) is 5.60. The highest BCUT2D eigenvalue weighted by atomic mass is 32.2. The highest BCUT2D eigenvalue weighted by Gasteiger charge is 2.45. The molecule has 1 N–H and O–H groups in total. The Kier molecular flexibility index (Phi) is 6.40. The van der Waals surface area contributed by atoms with Crippen LogP contribution in [0.25, 0.3) is 0 Å². The van der Waals surface area contributed by atoms with Gasteiger partial charge in [0.15, 0.2) is 0 Å². The number of hydrogen-bond acceptors (Lipinski definition) is 4. The normalized spacial score (nSPS) is 19.9. The van der Waals surface area contributed by atoms with Gasteiger partial charge in [-0.05, 0) is 55.6 Å². The van der Waals surface area contributed by atoms with Crippen molar-refractivity contribution in [2.45, 2.75) is 35.7 Å². The zero-order valence-corrected chi connectivity index (χ0v) is 18.2. The van der Waals surface area contributed by atoms with Gasteiger partial charge in [0.05, 0.1) is 11.6 Å². The molecule has 1 fully saturated rings. The molecule has 4 rings (SSSR count). The molecule has 4 nitrogen and oxygen atoms in total. The monoisotopic (exact) mass is 419 g/mol. The second-order valence-electron chi connectivity index (χ2n) is 8.05. The number of thioether (sulfide) groups is 1. The molecule has 0 saturated carbocycles. The number of hydrogen-bond donors (Lipinski definition) is 1. The molecule has 1 spiro atoms. The quantitative estimate of drug-likeness (QED) is 0.542. The van der Waals surface area contributed by atoms with E-state index in [-0.39, 0.29) is 17.4 Å². The van der Waals surface area contributed by atoms with Gasteiger partial charge in [-0.1, -0.05) is 36.4 Å². The number of rotatable bonds is 6. The number of nitrogens with one attached hydrogen (secondary N) is 1. The van der Waals surface area contributed by atoms with Crippen molar-refractivity contribution in [3.8, 4) is 0 Å². The number of carbonyl (C=O) groups is 1. The van der Waals surface area contributed by atoms with E-state index in [9.17, 15) is 4.79 Å². The van der Waals surface area contributed by atoms with Crippen molar-refractivity contribution in [2.24, 2.45) is 0 Å². The third kappa shape index (κ3) is 3.84. The molecule has 3 heterocycles. The number of benzene rings is 1. The van der Waals surface area contributed by atoms with E-state index < -0.39 is 0 Å². The van der Waals surface area contributed by atoms with Crippen molar-refractivity contribution < 1.29 is 4.79 Å². The molecule has 2 aliphatic rings. The van der Waals surface area contributed by atoms with Crippen molar-refractivity contribution in [1.29, 1.82) is 0 Å². The van der Waals surface area contributed by atoms with Crippen molar-refractivity contribution in [2.75, 3.05) is 25.4 Å². The van der Waals surface area contributed by atoms with Crippen molar-refractivity contribution in [1.82, 2.24) is 15.2 Å². The Morgan fingerprint density at radius 3 is 2.77 bits per heavy atom. The summed E-state index contributed by atoms with van der Waals surface area (Å²) >= 11 is 1.56. The summed E-state index contributed by atoms with van der Waals surface area (Å²) in [4.78, 5) is 20.5. The molecule has 1 amide bonds. The Morgan fingerprint density at radius 2 is 2.00 bits per heavy atom. The van der Waals surface area contributed by atoms with Crippen LogP contribution in [0.15, 0.2) is 72.9 Å². The Balaban J connectivity index is 1.78. The van der Waals surface area contributed by atoms with E-state index in [1.807, 2.05) is 24.3 Å². The van der Waals surface area contributed by atoms with Crippen LogP contribution < -0.4 is 5.32 Å². The van der Waals surface area contributed by atoms with Gasteiger partial charge in [0, 0.05) is 23.9 Å². The standard InChI is InChI=1S/C25H29N3OS/c1-3-8-22-19-9-5-6-11-21(19)25(12-15-26-16-13-25)18-28(22)24(29)20-10-7-14-27-23(20)30-17-4-2/h3-7,9-11,14,22,26H,1-2,8,12-13,15-18H2/t22-/m1/s1. The molecule has 0 radical (unpaired) electrons. The highest BCUT2D eigenvalue weighted by Crippen LogP contribution is 2.46. The zero-order chi connectivity index (χ0) is 21.0. The van der Waals surface area contributed by atoms with E-state index in [1.54, 1.807) is 18.0 Å². The van der Waals surface area contributed by atoms with Crippen molar-refractivity contribution in [3.63, 3.8) is 0 Å². The third-order valence-electron chi connectivity index (χ3n) is 6.29. The van der Waals surface area contributed by atoms with E-state index in [4.69, 9.17) is 0 Å². The lowest BCUT2D eigenvalue weighted by atomic mass is 9.67. The topological polar surface area (TPSA) is 45.2 Å². The minimum atomic E-state index is 0.00386. The first-order valence-electron chi connectivity index (χ1n) is 10.6. The zero-order valence-electron chi connectivity index (χ0n) is 17.3. The van der Waals surface area contributed by atoms with Gasteiger partial charge < -0.3 is 10.2 Å². The summed E-state index contributed by atoms with van der Waals surface area (Å²) in [6.45, 7) is 10.5. The molecule has 0 unspecified atom stereocenters. The molecule has 0 bridgehead atoms. The summed E-state index contributed by atoms with van der Waals surface area (Å²) in [5.74, 6) is 0.792. The Bertz CT molecular complexity index is 935. The van der Waals surface area contributed by atoms with Gasteiger partial charge in [-0.3, -0.25) is 4.79 Å². The number of fused-ring (bicyclic) bond motifs is 2. The first-order chi connectivity index (χ1) is 14.7. The van der Waals surface area contributed by atoms with Crippen LogP contribution in [0.5, 0.6) is 0 Å². The predicted molar refractivity (Wildman–Crippen MR) is 124 cm³/mol. The minimum Gasteiger partial charge on any atom is -0.330 e. The number of amides is 1. The molecular formula is C25H29N3OS. The average Bonchev–Trinajstić information content (AvgIpc) is 2.80. The van der Waals surface area contributed by atoms with Crippen LogP contribution in [0.1, 0.15) is 46.8 Å². The molecule has 1 aromatic heterocycles. The summed E-state index contributed by atoms with van der Waals surface area (Å²) in [6, 6.07) is 12.5. The van der Waals surface area contributed by atoms with E-state index >= 15 is 0 Å². The number of carbonyl (C=O) groups excluding carboxylic acids is 1. The van der Waals surface area contributed by atoms with Crippen LogP contribution in [0.3, 0.4) is 0 Å². The Labute approximate surface area is 183 Å². The van der Waals surface area contributed by atoms with Crippen LogP contribution >= 0.6 is 11.8 Å². The lowest BCUT2D eigenvalue weighted by Crippen LogP contribution is -2.54. The molecule has 156 valence electrons. The van der Waals surface area contributed by atoms with E-state index in [0.717, 1.165) is 49.7 Å². The Hall–Kier alpha value is -2.37. The largest absolute Gasteiger partial charge is 0.330 e. The first kappa shape index (κ1) is 20.9. The van der Waals surface area contributed by atoms with Crippen LogP contribution in [0, 0.1) is 0 Å². The summed E-state index contributed by atoms with van der Waals surface area (Å²) in [6.07, 6.45) is 8.35. The average molecular weight is 420 g/mol. The van der Waals surface area contributed by atoms with Gasteiger partial charge in [-0.15, -0.1) is 24.9 Å². The maximum atomic E-state index is 13.9. The summed E-state index contributed by atoms with van der Waals surface area (Å²) in [5, 5.41) is 4.27. The number of pyridine rings is 1. The predicted octanol–water partition coefficient (Wildman–Crippen LogP) is 4.75. The summed E-state index contributed by atoms with van der Waals surface area (Å²) < 4.78 is 0. The van der Waals surface area contributed by atoms with Gasteiger partial charge in [-0.25, -0.2) is 4.98 Å². The summed E-state index contributed by atoms with van der Waals surface area (Å²) in [5.41, 5.74) is 3.37. The second kappa shape index (κ2) is 9.19. The van der Waals surface area contributed by atoms with E-state index in [1.165, 1.54) is 11.1 Å². The minimum absolute atomic E-state index is 0.00386. The van der Waals surface area contributed by atoms with Crippen LogP contribution in [-0.4, -0.2) is 41.2 Å². The second-order valence-corrected chi connectivity index (χ2v) is 9.06. The number of piperidine rings is 1. The van der Waals surface area contributed by atoms with Crippen LogP contribution in [0.4, 0.5) is 0 Å². The lowest BCUT2D eigenvalue weighted by molar-refractivity contribution is 0.0534. The fraction of sp³-hybridized carbons (Fsp3) is 0.360. The Morgan fingerprint density at radius 1 is 1.20 bits per heavy atom. The number of aromatic nitrogens is 1. The van der Waals surface area contributed by atoms with Gasteiger partial charge in [0.25, 0.3) is 5.91 Å². The smallest absolute Gasteiger partial charge is 0.257 e. The molecule has 0 aliphatic carbocycles. The molecule has 5 heteroatoms. The lowest BCUT2D eigenvalue weighted by Gasteiger charge is -2.50. The molecular weight excluding hydrogens is 390 g/mol. The molecule has 1 atom stereocenters. The molecule has 30 heavy (non-hydrogen) atoms.